The zero-order chi connectivity index (χ0) is 57.5. The van der Waals surface area contributed by atoms with E-state index >= 15 is 0 Å². The van der Waals surface area contributed by atoms with E-state index in [-0.39, 0.29) is 23.3 Å². The number of anilines is 3. The molecule has 0 bridgehead atoms. The number of nitrogens with one attached hydrogen (secondary N) is 4. The van der Waals surface area contributed by atoms with Gasteiger partial charge < -0.3 is 20.4 Å². The lowest BCUT2D eigenvalue weighted by atomic mass is 9.73. The molecule has 9 rings (SSSR count). The Morgan fingerprint density at radius 2 is 1.53 bits per heavy atom. The number of hydrogen-bond donors (Lipinski definition) is 4. The number of piperidine rings is 1. The number of thioether (sulfide) groups is 1. The summed E-state index contributed by atoms with van der Waals surface area (Å²) in [6, 6.07) is 24.9. The van der Waals surface area contributed by atoms with Crippen molar-refractivity contribution < 1.29 is 44.4 Å². The van der Waals surface area contributed by atoms with Crippen LogP contribution in [-0.4, -0.2) is 148 Å². The largest absolute Gasteiger partial charge is 0.501 e. The highest BCUT2D eigenvalue weighted by Crippen LogP contribution is 2.43. The number of amides is 3. The predicted octanol–water partition coefficient (Wildman–Crippen LogP) is 8.33. The average molecular weight is 1190 g/mol. The number of hydrogen-bond acceptors (Lipinski definition) is 16. The second kappa shape index (κ2) is 25.6. The molecule has 1 aromatic heterocycles. The minimum absolute atomic E-state index is 0.0246. The number of aromatic nitrogens is 2. The number of piperazine rings is 2. The van der Waals surface area contributed by atoms with Gasteiger partial charge in [0.1, 0.15) is 23.1 Å². The molecule has 2 atom stereocenters. The number of nitrogens with zero attached hydrogens (tertiary/aromatic N) is 6. The van der Waals surface area contributed by atoms with Crippen LogP contribution in [0.1, 0.15) is 73.9 Å². The number of allylic oxidation sites excluding steroid dienone is 1. The Hall–Kier alpha value is -6.08. The van der Waals surface area contributed by atoms with Gasteiger partial charge in [-0.3, -0.25) is 29.5 Å². The van der Waals surface area contributed by atoms with Crippen LogP contribution in [0, 0.1) is 5.41 Å². The van der Waals surface area contributed by atoms with Crippen molar-refractivity contribution in [2.75, 3.05) is 86.7 Å². The van der Waals surface area contributed by atoms with Gasteiger partial charge in [0.2, 0.25) is 11.8 Å². The third-order valence-corrected chi connectivity index (χ3v) is 19.6. The van der Waals surface area contributed by atoms with Crippen molar-refractivity contribution in [1.82, 2.24) is 34.7 Å². The SMILES string of the molecule is CC1(C)CCC(c2ccc(Cl)cc2)=C(CN2CCN(c3ccc(C(=O)NS(=O)(=O)c4ccc(N[C@H](CCN5CCN(Cc6cncnc6NC6CCC(=O)NC6=O)CC5)CSc5ccccc5)c(S(=O)(=O)C(F)(F)F)c4)cc3)CC2)C1. The maximum absolute atomic E-state index is 14.5. The minimum Gasteiger partial charge on any atom is -0.380 e. The first-order valence-corrected chi connectivity index (χ1v) is 31.3. The summed E-state index contributed by atoms with van der Waals surface area (Å²) >= 11 is 7.63. The molecule has 5 aromatic rings. The van der Waals surface area contributed by atoms with Gasteiger partial charge in [0, 0.05) is 123 Å². The molecule has 3 amide bonds. The molecule has 0 saturated carbocycles. The summed E-state index contributed by atoms with van der Waals surface area (Å²) in [5.74, 6) is -0.985. The second-order valence-corrected chi connectivity index (χ2v) is 26.8. The first kappa shape index (κ1) is 59.5. The summed E-state index contributed by atoms with van der Waals surface area (Å²) in [4.78, 5) is 53.9. The van der Waals surface area contributed by atoms with Crippen molar-refractivity contribution >= 4 is 83.7 Å². The van der Waals surface area contributed by atoms with E-state index in [0.717, 1.165) is 80.3 Å². The quantitative estimate of drug-likeness (QED) is 0.0427. The fraction of sp³-hybridized carbons (Fsp3) is 0.421. The van der Waals surface area contributed by atoms with Crippen LogP contribution in [0.2, 0.25) is 5.02 Å². The summed E-state index contributed by atoms with van der Waals surface area (Å²) in [5, 5.41) is 9.23. The summed E-state index contributed by atoms with van der Waals surface area (Å²) in [7, 11) is -11.0. The Morgan fingerprint density at radius 1 is 0.852 bits per heavy atom. The second-order valence-electron chi connectivity index (χ2n) is 21.7. The van der Waals surface area contributed by atoms with Crippen molar-refractivity contribution in [3.63, 3.8) is 0 Å². The topological polar surface area (TPSA) is 206 Å². The molecule has 4 N–H and O–H groups in total. The van der Waals surface area contributed by atoms with Gasteiger partial charge in [0.05, 0.1) is 10.6 Å². The lowest BCUT2D eigenvalue weighted by Gasteiger charge is -2.39. The lowest BCUT2D eigenvalue weighted by molar-refractivity contribution is -0.133. The molecule has 3 aliphatic heterocycles. The fourth-order valence-corrected chi connectivity index (χ4v) is 13.8. The number of benzene rings is 4. The number of carbonyl (C=O) groups excluding carboxylic acids is 3. The first-order chi connectivity index (χ1) is 38.6. The monoisotopic (exact) mass is 1190 g/mol. The number of halogens is 4. The van der Waals surface area contributed by atoms with Gasteiger partial charge in [-0.25, -0.2) is 31.5 Å². The average Bonchev–Trinajstić information content (AvgIpc) is 3.55. The maximum atomic E-state index is 14.5. The van der Waals surface area contributed by atoms with E-state index in [1.165, 1.54) is 46.9 Å². The molecule has 17 nitrogen and oxygen atoms in total. The lowest BCUT2D eigenvalue weighted by Crippen LogP contribution is -2.48. The maximum Gasteiger partial charge on any atom is 0.501 e. The zero-order valence-corrected chi connectivity index (χ0v) is 48.3. The molecule has 3 saturated heterocycles. The molecule has 24 heteroatoms. The van der Waals surface area contributed by atoms with Crippen LogP contribution in [0.4, 0.5) is 30.4 Å². The van der Waals surface area contributed by atoms with Crippen LogP contribution in [0.15, 0.2) is 130 Å². The number of sulfone groups is 1. The smallest absolute Gasteiger partial charge is 0.380 e. The number of carbonyl (C=O) groups is 3. The molecule has 4 aromatic carbocycles. The van der Waals surface area contributed by atoms with Gasteiger partial charge in [-0.1, -0.05) is 61.4 Å². The minimum atomic E-state index is -6.14. The molecule has 1 aliphatic carbocycles. The van der Waals surface area contributed by atoms with Gasteiger partial charge in [-0.15, -0.1) is 11.8 Å². The number of sulfonamides is 1. The van der Waals surface area contributed by atoms with E-state index in [2.05, 4.69) is 71.5 Å². The number of alkyl halides is 3. The molecule has 4 heterocycles. The zero-order valence-electron chi connectivity index (χ0n) is 45.1. The van der Waals surface area contributed by atoms with E-state index in [1.807, 2.05) is 47.2 Å². The van der Waals surface area contributed by atoms with E-state index in [1.54, 1.807) is 18.3 Å². The molecule has 1 unspecified atom stereocenters. The molecule has 0 spiro atoms. The summed E-state index contributed by atoms with van der Waals surface area (Å²) in [6.45, 7) is 12.0. The summed E-state index contributed by atoms with van der Waals surface area (Å²) in [5.41, 5.74) is -0.435. The molecule has 4 aliphatic rings. The Morgan fingerprint density at radius 3 is 2.22 bits per heavy atom. The molecular formula is C57H66ClF3N10O7S3. The Labute approximate surface area is 480 Å². The van der Waals surface area contributed by atoms with Crippen LogP contribution < -0.4 is 25.6 Å². The number of imide groups is 1. The molecule has 81 heavy (non-hydrogen) atoms. The normalized spacial score (nSPS) is 19.2. The molecule has 3 fully saturated rings. The third-order valence-electron chi connectivity index (χ3n) is 15.3. The van der Waals surface area contributed by atoms with Crippen molar-refractivity contribution in [2.24, 2.45) is 5.41 Å². The van der Waals surface area contributed by atoms with E-state index in [9.17, 15) is 44.4 Å². The fourth-order valence-electron chi connectivity index (χ4n) is 10.7. The Kier molecular flexibility index (Phi) is 18.8. The van der Waals surface area contributed by atoms with Gasteiger partial charge in [-0.2, -0.15) is 13.2 Å². The first-order valence-electron chi connectivity index (χ1n) is 26.9. The molecular weight excluding hydrogens is 1130 g/mol. The van der Waals surface area contributed by atoms with Gasteiger partial charge >= 0.3 is 5.51 Å². The van der Waals surface area contributed by atoms with Crippen molar-refractivity contribution in [1.29, 1.82) is 0 Å². The number of rotatable bonds is 20. The molecule has 0 radical (unpaired) electrons. The van der Waals surface area contributed by atoms with Crippen LogP contribution >= 0.6 is 23.4 Å². The highest BCUT2D eigenvalue weighted by Gasteiger charge is 2.48. The highest BCUT2D eigenvalue weighted by atomic mass is 35.5. The van der Waals surface area contributed by atoms with Gasteiger partial charge in [0.15, 0.2) is 0 Å². The van der Waals surface area contributed by atoms with Crippen LogP contribution in [0.3, 0.4) is 0 Å². The molecule has 432 valence electrons. The van der Waals surface area contributed by atoms with Crippen molar-refractivity contribution in [3.8, 4) is 0 Å². The summed E-state index contributed by atoms with van der Waals surface area (Å²) < 4.78 is 99.6. The standard InChI is InChI=1S/C57H66ClF3N10O7S3/c1-56(2)22-20-48(39-8-12-43(58)13-9-39)41(33-56)35-70-28-30-71(31-29-70)45-14-10-40(11-15-45)54(73)67-81(77,78)47-16-17-49(51(32-47)80(75,76)57(59,60)61)64-44(37-79-46-6-4-3-5-7-46)21-23-68-24-26-69(27-25-68)36-42-34-62-38-63-53(42)65-50-18-19-52(72)66-55(50)74/h3-17,32,34,38,44,50,64H,18-31,33,35-37H2,1-2H3,(H,67,73)(H,62,63,65)(H,66,72,74)/t44-,50?/m1/s1. The Balaban J connectivity index is 0.833. The van der Waals surface area contributed by atoms with Crippen molar-refractivity contribution in [2.45, 2.75) is 91.2 Å². The van der Waals surface area contributed by atoms with Gasteiger partial charge in [-0.05, 0) is 115 Å². The van der Waals surface area contributed by atoms with E-state index in [0.29, 0.717) is 74.8 Å². The summed E-state index contributed by atoms with van der Waals surface area (Å²) in [6.07, 6.45) is 7.09. The Bertz CT molecular complexity index is 3330. The van der Waals surface area contributed by atoms with E-state index < -0.39 is 64.7 Å². The highest BCUT2D eigenvalue weighted by molar-refractivity contribution is 7.99. The third kappa shape index (κ3) is 15.3. The van der Waals surface area contributed by atoms with Crippen molar-refractivity contribution in [3.05, 3.63) is 137 Å². The van der Waals surface area contributed by atoms with Crippen LogP contribution in [-0.2, 0) is 36.0 Å². The predicted molar refractivity (Wildman–Crippen MR) is 308 cm³/mol. The van der Waals surface area contributed by atoms with E-state index in [4.69, 9.17) is 11.6 Å². The van der Waals surface area contributed by atoms with Crippen LogP contribution in [0.5, 0.6) is 0 Å². The van der Waals surface area contributed by atoms with Gasteiger partial charge in [0.25, 0.3) is 25.8 Å². The van der Waals surface area contributed by atoms with Crippen LogP contribution in [0.25, 0.3) is 5.57 Å².